The molecule has 0 aliphatic rings. The molecule has 0 unspecified atom stereocenters. The second kappa shape index (κ2) is 9.02. The molecule has 2 rings (SSSR count). The zero-order valence-corrected chi connectivity index (χ0v) is 14.4. The molecule has 0 saturated heterocycles. The summed E-state index contributed by atoms with van der Waals surface area (Å²) in [5, 5.41) is 2.08. The van der Waals surface area contributed by atoms with Crippen LogP contribution >= 0.6 is 0 Å². The van der Waals surface area contributed by atoms with Crippen LogP contribution in [0.5, 0.6) is 0 Å². The van der Waals surface area contributed by atoms with Gasteiger partial charge in [-0.15, -0.1) is 0 Å². The third kappa shape index (κ3) is 4.79. The maximum absolute atomic E-state index is 12.2. The van der Waals surface area contributed by atoms with Crippen molar-refractivity contribution >= 4 is 28.6 Å². The van der Waals surface area contributed by atoms with Gasteiger partial charge >= 0.3 is 5.97 Å². The molecule has 0 atom stereocenters. The number of Topliss-reactive ketones (excluding diaryl/α,β-unsaturated/α-hetero) is 1. The molecule has 0 fully saturated rings. The summed E-state index contributed by atoms with van der Waals surface area (Å²) < 4.78 is 5.27. The van der Waals surface area contributed by atoms with Gasteiger partial charge in [0.25, 0.3) is 0 Å². The van der Waals surface area contributed by atoms with Gasteiger partial charge in [-0.3, -0.25) is 4.79 Å². The number of esters is 1. The van der Waals surface area contributed by atoms with E-state index in [1.54, 1.807) is 6.08 Å². The van der Waals surface area contributed by atoms with Gasteiger partial charge in [-0.05, 0) is 35.8 Å². The van der Waals surface area contributed by atoms with Crippen molar-refractivity contribution in [3.05, 3.63) is 53.6 Å². The van der Waals surface area contributed by atoms with E-state index in [0.29, 0.717) is 6.61 Å². The number of carbonyl (C=O) groups excluding carboxylic acids is 2. The number of fused-ring (bicyclic) bond motifs is 1. The third-order valence-corrected chi connectivity index (χ3v) is 3.95. The van der Waals surface area contributed by atoms with Crippen molar-refractivity contribution in [1.29, 1.82) is 0 Å². The lowest BCUT2D eigenvalue weighted by Gasteiger charge is -2.07. The van der Waals surface area contributed by atoms with Crippen molar-refractivity contribution in [3.8, 4) is 0 Å². The minimum absolute atomic E-state index is 0.0989. The first-order chi connectivity index (χ1) is 11.6. The van der Waals surface area contributed by atoms with Gasteiger partial charge in [-0.2, -0.15) is 0 Å². The first kappa shape index (κ1) is 17.9. The van der Waals surface area contributed by atoms with Gasteiger partial charge in [-0.25, -0.2) is 4.79 Å². The topological polar surface area (TPSA) is 43.4 Å². The molecule has 0 aliphatic heterocycles. The molecule has 3 heteroatoms. The first-order valence-corrected chi connectivity index (χ1v) is 8.51. The summed E-state index contributed by atoms with van der Waals surface area (Å²) in [6.07, 6.45) is 5.76. The fourth-order valence-corrected chi connectivity index (χ4v) is 2.61. The highest BCUT2D eigenvalue weighted by Gasteiger charge is 2.16. The molecule has 0 N–H and O–H groups in total. The van der Waals surface area contributed by atoms with Gasteiger partial charge in [0.1, 0.15) is 5.57 Å². The summed E-state index contributed by atoms with van der Waals surface area (Å²) >= 11 is 0. The Balaban J connectivity index is 2.18. The van der Waals surface area contributed by atoms with Gasteiger partial charge in [0, 0.05) is 0 Å². The third-order valence-electron chi connectivity index (χ3n) is 3.95. The lowest BCUT2D eigenvalue weighted by atomic mass is 10.0. The van der Waals surface area contributed by atoms with Gasteiger partial charge < -0.3 is 4.74 Å². The van der Waals surface area contributed by atoms with Gasteiger partial charge in [0.2, 0.25) is 0 Å². The van der Waals surface area contributed by atoms with Crippen molar-refractivity contribution in [2.45, 2.75) is 39.5 Å². The highest BCUT2D eigenvalue weighted by molar-refractivity contribution is 6.20. The Hall–Kier alpha value is -2.42. The summed E-state index contributed by atoms with van der Waals surface area (Å²) in [4.78, 5) is 24.1. The van der Waals surface area contributed by atoms with Gasteiger partial charge in [-0.1, -0.05) is 68.7 Å². The van der Waals surface area contributed by atoms with Gasteiger partial charge in [0.05, 0.1) is 6.61 Å². The molecule has 0 heterocycles. The standard InChI is InChI=1S/C21H24O3/c1-3-4-5-8-14-24-21(23)20(16(2)22)15-18-12-9-11-17-10-6-7-13-19(17)18/h6-7,9-13,15H,3-5,8,14H2,1-2H3. The molecule has 0 aliphatic carbocycles. The predicted octanol–water partition coefficient (Wildman–Crippen LogP) is 4.94. The van der Waals surface area contributed by atoms with Crippen molar-refractivity contribution in [2.75, 3.05) is 6.61 Å². The van der Waals surface area contributed by atoms with E-state index in [-0.39, 0.29) is 11.4 Å². The zero-order chi connectivity index (χ0) is 17.4. The lowest BCUT2D eigenvalue weighted by Crippen LogP contribution is -2.14. The smallest absolute Gasteiger partial charge is 0.341 e. The molecule has 0 saturated carbocycles. The first-order valence-electron chi connectivity index (χ1n) is 8.51. The summed E-state index contributed by atoms with van der Waals surface area (Å²) in [5.74, 6) is -0.812. The van der Waals surface area contributed by atoms with Crippen LogP contribution in [0.2, 0.25) is 0 Å². The average Bonchev–Trinajstić information content (AvgIpc) is 2.59. The SMILES string of the molecule is CCCCCCOC(=O)C(=Cc1cccc2ccccc12)C(C)=O. The molecular weight excluding hydrogens is 300 g/mol. The van der Waals surface area contributed by atoms with Crippen LogP contribution < -0.4 is 0 Å². The van der Waals surface area contributed by atoms with Crippen LogP contribution in [0.1, 0.15) is 45.1 Å². The Kier molecular flexibility index (Phi) is 6.74. The van der Waals surface area contributed by atoms with E-state index in [9.17, 15) is 9.59 Å². The largest absolute Gasteiger partial charge is 0.462 e. The van der Waals surface area contributed by atoms with Crippen LogP contribution in [0.3, 0.4) is 0 Å². The van der Waals surface area contributed by atoms with Crippen LogP contribution in [-0.2, 0) is 14.3 Å². The number of unbranched alkanes of at least 4 members (excludes halogenated alkanes) is 3. The lowest BCUT2D eigenvalue weighted by molar-refractivity contribution is -0.140. The maximum atomic E-state index is 12.2. The van der Waals surface area contributed by atoms with E-state index in [1.165, 1.54) is 6.92 Å². The number of ether oxygens (including phenoxy) is 1. The number of rotatable bonds is 8. The Morgan fingerprint density at radius 3 is 2.50 bits per heavy atom. The number of ketones is 1. The monoisotopic (exact) mass is 324 g/mol. The van der Waals surface area contributed by atoms with Crippen LogP contribution in [0.4, 0.5) is 0 Å². The highest BCUT2D eigenvalue weighted by atomic mass is 16.5. The van der Waals surface area contributed by atoms with Crippen LogP contribution in [0, 0.1) is 0 Å². The number of hydrogen-bond acceptors (Lipinski definition) is 3. The van der Waals surface area contributed by atoms with Gasteiger partial charge in [0.15, 0.2) is 5.78 Å². The Morgan fingerprint density at radius 1 is 1.00 bits per heavy atom. The summed E-state index contributed by atoms with van der Waals surface area (Å²) in [5.41, 5.74) is 0.947. The molecule has 0 aromatic heterocycles. The van der Waals surface area contributed by atoms with Crippen molar-refractivity contribution < 1.29 is 14.3 Å². The predicted molar refractivity (Wildman–Crippen MR) is 97.7 cm³/mol. The van der Waals surface area contributed by atoms with Crippen LogP contribution in [-0.4, -0.2) is 18.4 Å². The fraction of sp³-hybridized carbons (Fsp3) is 0.333. The van der Waals surface area contributed by atoms with Crippen LogP contribution in [0.15, 0.2) is 48.0 Å². The Bertz CT molecular complexity index is 738. The molecule has 0 amide bonds. The summed E-state index contributed by atoms with van der Waals surface area (Å²) in [6.45, 7) is 3.89. The zero-order valence-electron chi connectivity index (χ0n) is 14.4. The fourth-order valence-electron chi connectivity index (χ4n) is 2.61. The van der Waals surface area contributed by atoms with Crippen LogP contribution in [0.25, 0.3) is 16.8 Å². The second-order valence-corrected chi connectivity index (χ2v) is 5.88. The average molecular weight is 324 g/mol. The van der Waals surface area contributed by atoms with E-state index < -0.39 is 5.97 Å². The van der Waals surface area contributed by atoms with Crippen molar-refractivity contribution in [3.63, 3.8) is 0 Å². The van der Waals surface area contributed by atoms with E-state index in [2.05, 4.69) is 6.92 Å². The van der Waals surface area contributed by atoms with E-state index in [1.807, 2.05) is 42.5 Å². The minimum atomic E-state index is -0.535. The number of hydrogen-bond donors (Lipinski definition) is 0. The van der Waals surface area contributed by atoms with Crippen molar-refractivity contribution in [1.82, 2.24) is 0 Å². The molecule has 24 heavy (non-hydrogen) atoms. The molecule has 0 bridgehead atoms. The van der Waals surface area contributed by atoms with Crippen molar-refractivity contribution in [2.24, 2.45) is 0 Å². The minimum Gasteiger partial charge on any atom is -0.462 e. The summed E-state index contributed by atoms with van der Waals surface area (Å²) in [6, 6.07) is 13.7. The molecule has 0 radical (unpaired) electrons. The molecule has 126 valence electrons. The maximum Gasteiger partial charge on any atom is 0.341 e. The summed E-state index contributed by atoms with van der Waals surface area (Å²) in [7, 11) is 0. The Labute approximate surface area is 143 Å². The Morgan fingerprint density at radius 2 is 1.75 bits per heavy atom. The molecule has 3 nitrogen and oxygen atoms in total. The number of benzene rings is 2. The quantitative estimate of drug-likeness (QED) is 0.227. The normalized spacial score (nSPS) is 11.5. The highest BCUT2D eigenvalue weighted by Crippen LogP contribution is 2.21. The van der Waals surface area contributed by atoms with E-state index >= 15 is 0 Å². The van der Waals surface area contributed by atoms with E-state index in [0.717, 1.165) is 42.0 Å². The molecular formula is C21H24O3. The second-order valence-electron chi connectivity index (χ2n) is 5.88. The van der Waals surface area contributed by atoms with E-state index in [4.69, 9.17) is 4.74 Å². The number of carbonyl (C=O) groups is 2. The molecule has 0 spiro atoms. The molecule has 2 aromatic carbocycles. The molecule has 2 aromatic rings.